The molecule has 6 rings (SSSR count). The van der Waals surface area contributed by atoms with Gasteiger partial charge in [0.2, 0.25) is 0 Å². The van der Waals surface area contributed by atoms with Gasteiger partial charge < -0.3 is 9.84 Å². The van der Waals surface area contributed by atoms with Crippen LogP contribution in [0.5, 0.6) is 0 Å². The summed E-state index contributed by atoms with van der Waals surface area (Å²) < 4.78 is 7.63. The fourth-order valence-corrected chi connectivity index (χ4v) is 5.61. The molecule has 206 valence electrons. The Morgan fingerprint density at radius 2 is 1.68 bits per heavy atom. The van der Waals surface area contributed by atoms with Crippen molar-refractivity contribution >= 4 is 28.1 Å². The number of carbonyl (C=O) groups excluding carboxylic acids is 1. The van der Waals surface area contributed by atoms with E-state index in [1.165, 1.54) is 0 Å². The van der Waals surface area contributed by atoms with E-state index in [4.69, 9.17) is 4.74 Å². The van der Waals surface area contributed by atoms with Crippen molar-refractivity contribution in [2.75, 3.05) is 12.0 Å². The van der Waals surface area contributed by atoms with Crippen molar-refractivity contribution in [1.29, 1.82) is 0 Å². The molecule has 0 bridgehead atoms. The van der Waals surface area contributed by atoms with Crippen LogP contribution in [0.25, 0.3) is 10.8 Å². The van der Waals surface area contributed by atoms with Gasteiger partial charge in [0.25, 0.3) is 5.91 Å². The highest BCUT2D eigenvalue weighted by Gasteiger charge is 2.31. The van der Waals surface area contributed by atoms with Gasteiger partial charge in [0.1, 0.15) is 11.8 Å². The Bertz CT molecular complexity index is 1690. The summed E-state index contributed by atoms with van der Waals surface area (Å²) in [5.41, 5.74) is 4.88. The Labute approximate surface area is 239 Å². The van der Waals surface area contributed by atoms with Gasteiger partial charge in [0.15, 0.2) is 0 Å². The van der Waals surface area contributed by atoms with Crippen molar-refractivity contribution < 1.29 is 14.6 Å². The third-order valence-electron chi connectivity index (χ3n) is 7.68. The molecule has 0 unspecified atom stereocenters. The van der Waals surface area contributed by atoms with E-state index in [-0.39, 0.29) is 17.9 Å². The van der Waals surface area contributed by atoms with Crippen molar-refractivity contribution in [1.82, 2.24) is 15.0 Å². The molecular formula is C34H32N4O3. The molecule has 1 N–H and O–H groups in total. The number of aromatic nitrogens is 3. The van der Waals surface area contributed by atoms with E-state index in [9.17, 15) is 9.90 Å². The zero-order valence-corrected chi connectivity index (χ0v) is 23.1. The van der Waals surface area contributed by atoms with Crippen LogP contribution in [-0.4, -0.2) is 33.1 Å². The van der Waals surface area contributed by atoms with Crippen LogP contribution in [0, 0.1) is 5.92 Å². The second kappa shape index (κ2) is 11.5. The molecule has 1 aromatic heterocycles. The van der Waals surface area contributed by atoms with Gasteiger partial charge in [-0.15, -0.1) is 5.10 Å². The van der Waals surface area contributed by atoms with Crippen LogP contribution >= 0.6 is 0 Å². The number of anilines is 2. The second-order valence-corrected chi connectivity index (χ2v) is 10.4. The number of allylic oxidation sites excluding steroid dienone is 1. The largest absolute Gasteiger partial charge is 0.382 e. The van der Waals surface area contributed by atoms with Crippen LogP contribution in [0.3, 0.4) is 0 Å². The lowest BCUT2D eigenvalue weighted by Gasteiger charge is -2.22. The number of aryl methyl sites for hydroxylation is 1. The summed E-state index contributed by atoms with van der Waals surface area (Å²) in [6, 6.07) is 29.4. The molecule has 0 fully saturated rings. The lowest BCUT2D eigenvalue weighted by atomic mass is 9.96. The number of aliphatic hydroxyl groups is 1. The van der Waals surface area contributed by atoms with Crippen molar-refractivity contribution in [2.24, 2.45) is 5.92 Å². The SMILES string of the molecule is CO[C@@H](c1ccc(N2C(=O)c3cccc4cccc2c34)cc1)[C@@H](C)/C=C/CCn1cc([C@H](O)c2ccccc2)nn1. The van der Waals surface area contributed by atoms with Gasteiger partial charge in [-0.3, -0.25) is 14.4 Å². The maximum absolute atomic E-state index is 13.3. The fraction of sp³-hybridized carbons (Fsp3) is 0.206. The highest BCUT2D eigenvalue weighted by Crippen LogP contribution is 2.42. The first kappa shape index (κ1) is 26.6. The normalized spacial score (nSPS) is 15.1. The predicted molar refractivity (Wildman–Crippen MR) is 160 cm³/mol. The van der Waals surface area contributed by atoms with Crippen LogP contribution < -0.4 is 4.90 Å². The number of rotatable bonds is 10. The summed E-state index contributed by atoms with van der Waals surface area (Å²) in [5, 5.41) is 20.9. The molecule has 41 heavy (non-hydrogen) atoms. The summed E-state index contributed by atoms with van der Waals surface area (Å²) in [4.78, 5) is 15.1. The maximum atomic E-state index is 13.3. The highest BCUT2D eigenvalue weighted by molar-refractivity contribution is 6.27. The first-order valence-electron chi connectivity index (χ1n) is 13.8. The number of carbonyl (C=O) groups is 1. The van der Waals surface area contributed by atoms with E-state index >= 15 is 0 Å². The average molecular weight is 545 g/mol. The van der Waals surface area contributed by atoms with Crippen molar-refractivity contribution in [3.63, 3.8) is 0 Å². The number of nitrogens with zero attached hydrogens (tertiary/aromatic N) is 4. The summed E-state index contributed by atoms with van der Waals surface area (Å²) >= 11 is 0. The highest BCUT2D eigenvalue weighted by atomic mass is 16.5. The molecule has 7 heteroatoms. The minimum atomic E-state index is -0.790. The van der Waals surface area contributed by atoms with Gasteiger partial charge in [-0.25, -0.2) is 0 Å². The van der Waals surface area contributed by atoms with Gasteiger partial charge in [0, 0.05) is 30.6 Å². The number of aliphatic hydroxyl groups excluding tert-OH is 1. The Morgan fingerprint density at radius 1 is 0.927 bits per heavy atom. The fourth-order valence-electron chi connectivity index (χ4n) is 5.61. The van der Waals surface area contributed by atoms with Crippen LogP contribution in [0.15, 0.2) is 109 Å². The molecule has 0 aliphatic carbocycles. The third kappa shape index (κ3) is 5.17. The van der Waals surface area contributed by atoms with E-state index in [2.05, 4.69) is 29.4 Å². The van der Waals surface area contributed by atoms with E-state index in [1.807, 2.05) is 91.0 Å². The van der Waals surface area contributed by atoms with E-state index < -0.39 is 6.10 Å². The number of hydrogen-bond acceptors (Lipinski definition) is 5. The Balaban J connectivity index is 1.09. The van der Waals surface area contributed by atoms with Gasteiger partial charge in [-0.05, 0) is 47.2 Å². The molecule has 2 heterocycles. The maximum Gasteiger partial charge on any atom is 0.263 e. The smallest absolute Gasteiger partial charge is 0.263 e. The Hall–Kier alpha value is -4.59. The third-order valence-corrected chi connectivity index (χ3v) is 7.68. The van der Waals surface area contributed by atoms with Gasteiger partial charge in [-0.1, -0.05) is 91.0 Å². The zero-order valence-electron chi connectivity index (χ0n) is 23.1. The molecule has 1 aliphatic rings. The Morgan fingerprint density at radius 3 is 2.44 bits per heavy atom. The number of hydrogen-bond donors (Lipinski definition) is 1. The van der Waals surface area contributed by atoms with E-state index in [0.29, 0.717) is 12.2 Å². The molecule has 3 atom stereocenters. The average Bonchev–Trinajstić information content (AvgIpc) is 3.60. The second-order valence-electron chi connectivity index (χ2n) is 10.4. The quantitative estimate of drug-likeness (QED) is 0.196. The number of amides is 1. The molecule has 1 aliphatic heterocycles. The molecule has 0 saturated heterocycles. The summed E-state index contributed by atoms with van der Waals surface area (Å²) in [7, 11) is 1.72. The monoisotopic (exact) mass is 544 g/mol. The molecule has 7 nitrogen and oxygen atoms in total. The molecule has 1 amide bonds. The minimum absolute atomic E-state index is 0.00165. The van der Waals surface area contributed by atoms with Crippen LogP contribution in [0.4, 0.5) is 11.4 Å². The minimum Gasteiger partial charge on any atom is -0.382 e. The number of benzene rings is 4. The van der Waals surface area contributed by atoms with Crippen LogP contribution in [0.2, 0.25) is 0 Å². The molecule has 0 saturated carbocycles. The van der Waals surface area contributed by atoms with E-state index in [1.54, 1.807) is 22.9 Å². The van der Waals surface area contributed by atoms with Crippen molar-refractivity contribution in [3.05, 3.63) is 132 Å². The zero-order chi connectivity index (χ0) is 28.3. The van der Waals surface area contributed by atoms with E-state index in [0.717, 1.165) is 45.3 Å². The van der Waals surface area contributed by atoms with Gasteiger partial charge in [0.05, 0.1) is 23.6 Å². The first-order valence-corrected chi connectivity index (χ1v) is 13.8. The molecule has 0 spiro atoms. The summed E-state index contributed by atoms with van der Waals surface area (Å²) in [5.74, 6) is 0.127. The molecule has 5 aromatic rings. The number of ether oxygens (including phenoxy) is 1. The lowest BCUT2D eigenvalue weighted by molar-refractivity contribution is 0.0741. The van der Waals surface area contributed by atoms with Crippen molar-refractivity contribution in [2.45, 2.75) is 32.1 Å². The topological polar surface area (TPSA) is 80.5 Å². The first-order chi connectivity index (χ1) is 20.0. The lowest BCUT2D eigenvalue weighted by Crippen LogP contribution is -2.21. The van der Waals surface area contributed by atoms with Crippen molar-refractivity contribution in [3.8, 4) is 0 Å². The van der Waals surface area contributed by atoms with Gasteiger partial charge in [-0.2, -0.15) is 0 Å². The summed E-state index contributed by atoms with van der Waals surface area (Å²) in [6.07, 6.45) is 5.92. The van der Waals surface area contributed by atoms with Crippen LogP contribution in [0.1, 0.15) is 52.7 Å². The van der Waals surface area contributed by atoms with Crippen LogP contribution in [-0.2, 0) is 11.3 Å². The predicted octanol–water partition coefficient (Wildman–Crippen LogP) is 6.78. The Kier molecular flexibility index (Phi) is 7.46. The standard InChI is InChI=1S/C34H32N4O3/c1-23(10-6-7-21-37-22-29(35-36-37)32(39)25-11-4-3-5-12-25)33(41-2)26-17-19-27(20-18-26)38-30-16-9-14-24-13-8-15-28(31(24)30)34(38)40/h3-6,8-20,22-23,32-33,39H,7,21H2,1-2H3/b10-6+/t23-,32+,33+/m0/s1. The summed E-state index contributed by atoms with van der Waals surface area (Å²) in [6.45, 7) is 2.78. The molecule has 4 aromatic carbocycles. The van der Waals surface area contributed by atoms with Gasteiger partial charge >= 0.3 is 0 Å². The number of methoxy groups -OCH3 is 1. The molecule has 0 radical (unpaired) electrons. The molecular weight excluding hydrogens is 512 g/mol.